The summed E-state index contributed by atoms with van der Waals surface area (Å²) in [6.45, 7) is 21.4. The summed E-state index contributed by atoms with van der Waals surface area (Å²) in [5.74, 6) is -8.67. The summed E-state index contributed by atoms with van der Waals surface area (Å²) in [4.78, 5) is 64.9. The maximum Gasteiger partial charge on any atom is 1.00 e. The van der Waals surface area contributed by atoms with E-state index < -0.39 is 89.9 Å². The van der Waals surface area contributed by atoms with Crippen LogP contribution in [-0.2, 0) is 39.0 Å². The van der Waals surface area contributed by atoms with Gasteiger partial charge in [0.2, 0.25) is 11.6 Å². The minimum absolute atomic E-state index is 0. The maximum absolute atomic E-state index is 13.3. The van der Waals surface area contributed by atoms with Crippen molar-refractivity contribution in [2.75, 3.05) is 0 Å². The number of nitro groups is 1. The molecule has 0 saturated carbocycles. The Morgan fingerprint density at radius 3 is 1.37 bits per heavy atom. The molecule has 0 bridgehead atoms. The fraction of sp³-hybridized carbons (Fsp3) is 0.568. The summed E-state index contributed by atoms with van der Waals surface area (Å²) in [6, 6.07) is 6.06. The number of hydroxylamine groups is 4. The van der Waals surface area contributed by atoms with E-state index in [-0.39, 0.29) is 65.5 Å². The van der Waals surface area contributed by atoms with E-state index in [0.717, 1.165) is 12.0 Å². The summed E-state index contributed by atoms with van der Waals surface area (Å²) in [6.07, 6.45) is -0.107. The first-order valence-corrected chi connectivity index (χ1v) is 18.9. The number of amides is 4. The second-order valence-corrected chi connectivity index (χ2v) is 18.1. The molecule has 0 radical (unpaired) electrons. The van der Waals surface area contributed by atoms with Gasteiger partial charge in [-0.2, -0.15) is 18.9 Å². The first-order valence-electron chi connectivity index (χ1n) is 17.5. The topological polar surface area (TPSA) is 212 Å². The van der Waals surface area contributed by atoms with E-state index in [1.165, 1.54) is 32.9 Å². The molecule has 0 aliphatic carbocycles. The second kappa shape index (κ2) is 21.2. The quantitative estimate of drug-likeness (QED) is 0.0771. The smallest absolute Gasteiger partial charge is 0.747 e. The number of carbonyl (C=O) groups is 4. The Kier molecular flexibility index (Phi) is 19.8. The van der Waals surface area contributed by atoms with Crippen molar-refractivity contribution in [3.05, 3.63) is 63.2 Å². The van der Waals surface area contributed by atoms with E-state index in [1.54, 1.807) is 53.7 Å². The third-order valence-corrected chi connectivity index (χ3v) is 7.53. The van der Waals surface area contributed by atoms with E-state index in [0.29, 0.717) is 10.8 Å². The van der Waals surface area contributed by atoms with Gasteiger partial charge in [0.1, 0.15) is 32.3 Å². The Morgan fingerprint density at radius 1 is 0.661 bits per heavy atom. The van der Waals surface area contributed by atoms with Crippen LogP contribution in [0, 0.1) is 40.3 Å². The molecule has 0 aromatic heterocycles. The van der Waals surface area contributed by atoms with Crippen molar-refractivity contribution in [1.29, 1.82) is 0 Å². The molecule has 4 rings (SSSR count). The Hall–Kier alpha value is -3.73. The molecule has 2 fully saturated rings. The predicted molar refractivity (Wildman–Crippen MR) is 198 cm³/mol. The molecule has 0 spiro atoms. The van der Waals surface area contributed by atoms with Crippen molar-refractivity contribution < 1.29 is 103 Å². The number of non-ortho nitro benzene ring substituents is 1. The van der Waals surface area contributed by atoms with E-state index >= 15 is 0 Å². The number of hydrogen-bond acceptors (Lipinski definition) is 13. The van der Waals surface area contributed by atoms with Crippen molar-refractivity contribution in [2.24, 2.45) is 0 Å². The molecule has 1 atom stereocenters. The minimum Gasteiger partial charge on any atom is -0.747 e. The van der Waals surface area contributed by atoms with Gasteiger partial charge in [-0.15, -0.1) is 0 Å². The fourth-order valence-electron chi connectivity index (χ4n) is 4.22. The van der Waals surface area contributed by atoms with Gasteiger partial charge >= 0.3 is 29.6 Å². The molecule has 4 amide bonds. The SMILES string of the molecule is CC(C)(C)ON1C(=O)CC(S(=O)(=O)[O-])C1=O.CC(C)(C)ON1C(=O)CCC1=O.CC(C)(C)Oc1ccc([N+](=O)[O-])cc1.Cc1c(F)c(F)c(OC(C)(C)C)c(F)c1F.[Na+]. The van der Waals surface area contributed by atoms with Crippen LogP contribution in [0.2, 0.25) is 0 Å². The van der Waals surface area contributed by atoms with Gasteiger partial charge in [0.05, 0.1) is 22.5 Å². The van der Waals surface area contributed by atoms with Crippen LogP contribution in [0.5, 0.6) is 11.5 Å². The zero-order chi connectivity index (χ0) is 45.5. The van der Waals surface area contributed by atoms with Crippen LogP contribution < -0.4 is 39.0 Å². The van der Waals surface area contributed by atoms with Crippen LogP contribution in [-0.4, -0.2) is 79.3 Å². The van der Waals surface area contributed by atoms with Gasteiger partial charge in [-0.25, -0.2) is 17.2 Å². The number of imide groups is 2. The van der Waals surface area contributed by atoms with Crippen molar-refractivity contribution in [2.45, 2.75) is 137 Å². The molecular formula is C37H50F4N3NaO13S. The molecule has 2 aromatic rings. The summed E-state index contributed by atoms with van der Waals surface area (Å²) in [7, 11) is -4.82. The van der Waals surface area contributed by atoms with Crippen LogP contribution >= 0.6 is 0 Å². The van der Waals surface area contributed by atoms with E-state index in [2.05, 4.69) is 0 Å². The molecular weight excluding hydrogens is 825 g/mol. The van der Waals surface area contributed by atoms with Crippen molar-refractivity contribution in [1.82, 2.24) is 10.1 Å². The van der Waals surface area contributed by atoms with Crippen LogP contribution in [0.3, 0.4) is 0 Å². The van der Waals surface area contributed by atoms with Gasteiger partial charge < -0.3 is 14.0 Å². The average molecular weight is 876 g/mol. The van der Waals surface area contributed by atoms with Crippen LogP contribution in [0.4, 0.5) is 23.2 Å². The number of halogens is 4. The summed E-state index contributed by atoms with van der Waals surface area (Å²) < 4.78 is 95.4. The average Bonchev–Trinajstić information content (AvgIpc) is 3.51. The second-order valence-electron chi connectivity index (χ2n) is 16.6. The van der Waals surface area contributed by atoms with E-state index in [9.17, 15) is 59.8 Å². The number of carbonyl (C=O) groups excluding carboxylic acids is 4. The van der Waals surface area contributed by atoms with E-state index in [1.807, 2.05) is 20.8 Å². The zero-order valence-electron chi connectivity index (χ0n) is 35.6. The molecule has 59 heavy (non-hydrogen) atoms. The number of benzene rings is 2. The Labute approximate surface area is 363 Å². The van der Waals surface area contributed by atoms with E-state index in [4.69, 9.17) is 19.1 Å². The zero-order valence-corrected chi connectivity index (χ0v) is 38.4. The predicted octanol–water partition coefficient (Wildman–Crippen LogP) is 3.76. The van der Waals surface area contributed by atoms with Crippen molar-refractivity contribution in [3.63, 3.8) is 0 Å². The van der Waals surface area contributed by atoms with Gasteiger partial charge in [-0.05, 0) is 102 Å². The first-order chi connectivity index (χ1) is 26.0. The summed E-state index contributed by atoms with van der Waals surface area (Å²) >= 11 is 0. The largest absolute Gasteiger partial charge is 1.00 e. The molecule has 2 aliphatic heterocycles. The third-order valence-electron chi connectivity index (χ3n) is 6.47. The molecule has 2 saturated heterocycles. The summed E-state index contributed by atoms with van der Waals surface area (Å²) in [5, 5.41) is 9.74. The van der Waals surface area contributed by atoms with Gasteiger partial charge in [-0.1, -0.05) is 0 Å². The molecule has 2 aliphatic rings. The molecule has 22 heteroatoms. The van der Waals surface area contributed by atoms with Crippen molar-refractivity contribution in [3.8, 4) is 11.5 Å². The molecule has 2 aromatic carbocycles. The number of hydrogen-bond donors (Lipinski definition) is 0. The number of ether oxygens (including phenoxy) is 2. The first kappa shape index (κ1) is 55.3. The minimum atomic E-state index is -4.82. The molecule has 0 N–H and O–H groups in total. The van der Waals surface area contributed by atoms with Crippen molar-refractivity contribution >= 4 is 39.4 Å². The monoisotopic (exact) mass is 875 g/mol. The normalized spacial score (nSPS) is 15.9. The summed E-state index contributed by atoms with van der Waals surface area (Å²) in [5.41, 5.74) is -3.17. The van der Waals surface area contributed by atoms with Crippen LogP contribution in [0.25, 0.3) is 0 Å². The van der Waals surface area contributed by atoms with Gasteiger partial charge in [0.15, 0.2) is 17.4 Å². The Balaban J connectivity index is 0.000000760. The maximum atomic E-state index is 13.3. The molecule has 1 unspecified atom stereocenters. The fourth-order valence-corrected chi connectivity index (χ4v) is 4.91. The van der Waals surface area contributed by atoms with Gasteiger partial charge in [0.25, 0.3) is 29.3 Å². The molecule has 326 valence electrons. The number of rotatable bonds is 6. The van der Waals surface area contributed by atoms with Crippen LogP contribution in [0.15, 0.2) is 24.3 Å². The van der Waals surface area contributed by atoms with Crippen LogP contribution in [0.1, 0.15) is 108 Å². The standard InChI is InChI=1S/C11H12F4O.C10H13NO3.C8H13NO6S.C8H13NO3.Na/c1-5-6(12)8(14)10(9(15)7(5)13)16-11(2,3)4;1-10(2,3)14-9-6-4-8(5-7-9)11(12)13;1-8(2,3)15-9-6(10)4-5(7(9)11)16(12,13)14;1-8(2,3)12-9-6(10)4-5-7(9)11;/h1-4H3;4-7H,1-3H3;5H,4H2,1-3H3,(H,12,13,14);4-5H2,1-3H3;/q;;;;+1/p-1. The number of nitro benzene ring substituents is 1. The molecule has 2 heterocycles. The molecule has 16 nitrogen and oxygen atoms in total. The number of nitrogens with zero attached hydrogens (tertiary/aromatic N) is 3. The van der Waals surface area contributed by atoms with Gasteiger partial charge in [0, 0.05) is 30.5 Å². The Bertz CT molecular complexity index is 1910. The Morgan fingerprint density at radius 2 is 1.05 bits per heavy atom. The van der Waals surface area contributed by atoms with Gasteiger partial charge in [-0.3, -0.25) is 39.0 Å². The third kappa shape index (κ3) is 18.6.